The van der Waals surface area contributed by atoms with Crippen molar-refractivity contribution >= 4 is 6.34 Å². The number of hydrogen-bond acceptors (Lipinski definition) is 3. The maximum Gasteiger partial charge on any atom is 0.119 e. The molecule has 1 unspecified atom stereocenters. The van der Waals surface area contributed by atoms with Gasteiger partial charge in [0, 0.05) is 13.1 Å². The molecule has 15 heavy (non-hydrogen) atoms. The van der Waals surface area contributed by atoms with E-state index in [-0.39, 0.29) is 0 Å². The minimum atomic E-state index is 0.359. The average molecular weight is 211 g/mol. The number of rotatable bonds is 4. The smallest absolute Gasteiger partial charge is 0.119 e. The molecule has 0 aliphatic carbocycles. The second-order valence-corrected chi connectivity index (χ2v) is 5.47. The highest BCUT2D eigenvalue weighted by atomic mass is 15.6. The zero-order valence-corrected chi connectivity index (χ0v) is 10.8. The molecule has 88 valence electrons. The van der Waals surface area contributed by atoms with Crippen LogP contribution in [-0.4, -0.2) is 35.5 Å². The molecule has 3 nitrogen and oxygen atoms in total. The topological polar surface area (TPSA) is 18.8 Å². The van der Waals surface area contributed by atoms with Crippen molar-refractivity contribution in [3.63, 3.8) is 0 Å². The predicted octanol–water partition coefficient (Wildman–Crippen LogP) is 2.74. The van der Waals surface area contributed by atoms with E-state index in [1.165, 1.54) is 12.8 Å². The summed E-state index contributed by atoms with van der Waals surface area (Å²) in [6, 6.07) is 0. The van der Waals surface area contributed by atoms with E-state index in [1.807, 2.05) is 6.34 Å². The summed E-state index contributed by atoms with van der Waals surface area (Å²) in [5.74, 6) is 0. The van der Waals surface area contributed by atoms with Gasteiger partial charge in [0.05, 0.1) is 0 Å². The van der Waals surface area contributed by atoms with Crippen molar-refractivity contribution in [2.24, 2.45) is 10.5 Å². The van der Waals surface area contributed by atoms with Gasteiger partial charge in [-0.2, -0.15) is 5.10 Å². The molecule has 0 radical (unpaired) electrons. The van der Waals surface area contributed by atoms with Crippen LogP contribution in [0, 0.1) is 5.41 Å². The van der Waals surface area contributed by atoms with Crippen molar-refractivity contribution in [1.29, 1.82) is 0 Å². The zero-order chi connectivity index (χ0) is 11.5. The zero-order valence-electron chi connectivity index (χ0n) is 10.8. The lowest BCUT2D eigenvalue weighted by Crippen LogP contribution is -2.42. The van der Waals surface area contributed by atoms with Gasteiger partial charge in [-0.3, -0.25) is 5.01 Å². The van der Waals surface area contributed by atoms with Crippen LogP contribution < -0.4 is 0 Å². The maximum absolute atomic E-state index is 4.45. The molecule has 0 bridgehead atoms. The van der Waals surface area contributed by atoms with Crippen molar-refractivity contribution < 1.29 is 0 Å². The van der Waals surface area contributed by atoms with Crippen LogP contribution in [0.4, 0.5) is 0 Å². The normalized spacial score (nSPS) is 21.5. The fraction of sp³-hybridized carbons (Fsp3) is 0.917. The first-order valence-electron chi connectivity index (χ1n) is 6.04. The molecule has 0 saturated carbocycles. The minimum absolute atomic E-state index is 0.359. The predicted molar refractivity (Wildman–Crippen MR) is 65.7 cm³/mol. The van der Waals surface area contributed by atoms with Crippen LogP contribution in [0.2, 0.25) is 0 Å². The Morgan fingerprint density at radius 2 is 1.93 bits per heavy atom. The Kier molecular flexibility index (Phi) is 4.00. The lowest BCUT2D eigenvalue weighted by molar-refractivity contribution is 0.0932. The van der Waals surface area contributed by atoms with Crippen LogP contribution in [0.15, 0.2) is 5.10 Å². The van der Waals surface area contributed by atoms with Crippen molar-refractivity contribution in [2.45, 2.75) is 53.6 Å². The van der Waals surface area contributed by atoms with Gasteiger partial charge in [-0.15, -0.1) is 0 Å². The van der Waals surface area contributed by atoms with E-state index in [0.717, 1.165) is 13.1 Å². The van der Waals surface area contributed by atoms with E-state index >= 15 is 0 Å². The lowest BCUT2D eigenvalue weighted by Gasteiger charge is -2.34. The molecule has 1 aliphatic heterocycles. The quantitative estimate of drug-likeness (QED) is 0.712. The lowest BCUT2D eigenvalue weighted by atomic mass is 9.90. The summed E-state index contributed by atoms with van der Waals surface area (Å²) in [6.07, 6.45) is 4.82. The number of nitrogens with zero attached hydrogens (tertiary/aromatic N) is 3. The summed E-state index contributed by atoms with van der Waals surface area (Å²) in [4.78, 5) is 2.37. The maximum atomic E-state index is 4.45. The van der Waals surface area contributed by atoms with Gasteiger partial charge in [0.2, 0.25) is 0 Å². The SMILES string of the molecule is CCCN1C=NN(CC)C1CC(C)(C)C. The minimum Gasteiger partial charge on any atom is -0.339 e. The van der Waals surface area contributed by atoms with E-state index in [0.29, 0.717) is 11.6 Å². The molecule has 3 heteroatoms. The number of hydrogen-bond donors (Lipinski definition) is 0. The third-order valence-electron chi connectivity index (χ3n) is 2.68. The third kappa shape index (κ3) is 3.40. The highest BCUT2D eigenvalue weighted by molar-refractivity contribution is 5.57. The largest absolute Gasteiger partial charge is 0.339 e. The van der Waals surface area contributed by atoms with Crippen LogP contribution in [0.3, 0.4) is 0 Å². The molecule has 1 heterocycles. The molecular weight excluding hydrogens is 186 g/mol. The van der Waals surface area contributed by atoms with Crippen LogP contribution in [-0.2, 0) is 0 Å². The van der Waals surface area contributed by atoms with Crippen molar-refractivity contribution in [2.75, 3.05) is 13.1 Å². The van der Waals surface area contributed by atoms with Crippen molar-refractivity contribution in [3.8, 4) is 0 Å². The second kappa shape index (κ2) is 4.86. The highest BCUT2D eigenvalue weighted by Crippen LogP contribution is 2.27. The summed E-state index contributed by atoms with van der Waals surface area (Å²) in [5.41, 5.74) is 0.359. The van der Waals surface area contributed by atoms with E-state index in [1.54, 1.807) is 0 Å². The van der Waals surface area contributed by atoms with Crippen LogP contribution >= 0.6 is 0 Å². The Bertz CT molecular complexity index is 217. The Morgan fingerprint density at radius 1 is 1.27 bits per heavy atom. The Labute approximate surface area is 94.1 Å². The highest BCUT2D eigenvalue weighted by Gasteiger charge is 2.30. The summed E-state index contributed by atoms with van der Waals surface area (Å²) < 4.78 is 0. The standard InChI is InChI=1S/C12H25N3/c1-6-8-14-10-13-15(7-2)11(14)9-12(3,4)5/h10-11H,6-9H2,1-5H3. The molecule has 1 rings (SSSR count). The molecule has 0 amide bonds. The van der Waals surface area contributed by atoms with E-state index in [9.17, 15) is 0 Å². The van der Waals surface area contributed by atoms with Gasteiger partial charge in [-0.25, -0.2) is 0 Å². The third-order valence-corrected chi connectivity index (χ3v) is 2.68. The van der Waals surface area contributed by atoms with Crippen molar-refractivity contribution in [1.82, 2.24) is 9.91 Å². The second-order valence-electron chi connectivity index (χ2n) is 5.47. The molecule has 0 N–H and O–H groups in total. The summed E-state index contributed by atoms with van der Waals surface area (Å²) in [5, 5.41) is 6.65. The van der Waals surface area contributed by atoms with E-state index in [2.05, 4.69) is 49.6 Å². The van der Waals surface area contributed by atoms with Crippen LogP contribution in [0.5, 0.6) is 0 Å². The fourth-order valence-corrected chi connectivity index (χ4v) is 1.99. The Balaban J connectivity index is 2.63. The summed E-state index contributed by atoms with van der Waals surface area (Å²) in [7, 11) is 0. The van der Waals surface area contributed by atoms with Gasteiger partial charge in [-0.05, 0) is 25.2 Å². The molecule has 0 saturated heterocycles. The summed E-state index contributed by atoms with van der Waals surface area (Å²) in [6.45, 7) is 13.4. The Morgan fingerprint density at radius 3 is 2.40 bits per heavy atom. The number of hydrazone groups is 1. The molecule has 0 aromatic heterocycles. The molecule has 0 fully saturated rings. The van der Waals surface area contributed by atoms with Crippen LogP contribution in [0.1, 0.15) is 47.5 Å². The first-order chi connectivity index (χ1) is 6.98. The van der Waals surface area contributed by atoms with E-state index < -0.39 is 0 Å². The molecule has 0 aromatic rings. The molecule has 1 aliphatic rings. The fourth-order valence-electron chi connectivity index (χ4n) is 1.99. The van der Waals surface area contributed by atoms with Gasteiger partial charge in [0.1, 0.15) is 12.5 Å². The van der Waals surface area contributed by atoms with Gasteiger partial charge < -0.3 is 4.90 Å². The van der Waals surface area contributed by atoms with Gasteiger partial charge in [0.25, 0.3) is 0 Å². The summed E-state index contributed by atoms with van der Waals surface area (Å²) >= 11 is 0. The molecule has 1 atom stereocenters. The molecule has 0 spiro atoms. The average Bonchev–Trinajstić information content (AvgIpc) is 2.47. The van der Waals surface area contributed by atoms with Crippen molar-refractivity contribution in [3.05, 3.63) is 0 Å². The van der Waals surface area contributed by atoms with E-state index in [4.69, 9.17) is 0 Å². The van der Waals surface area contributed by atoms with Crippen LogP contribution in [0.25, 0.3) is 0 Å². The van der Waals surface area contributed by atoms with Gasteiger partial charge in [-0.1, -0.05) is 27.7 Å². The molecular formula is C12H25N3. The van der Waals surface area contributed by atoms with Gasteiger partial charge in [0.15, 0.2) is 0 Å². The first-order valence-corrected chi connectivity index (χ1v) is 6.04. The monoisotopic (exact) mass is 211 g/mol. The first kappa shape index (κ1) is 12.3. The Hall–Kier alpha value is -0.730. The van der Waals surface area contributed by atoms with Gasteiger partial charge >= 0.3 is 0 Å². The molecule has 0 aromatic carbocycles.